The van der Waals surface area contributed by atoms with E-state index in [0.29, 0.717) is 5.82 Å². The molecule has 20 heavy (non-hydrogen) atoms. The first-order valence-corrected chi connectivity index (χ1v) is 6.48. The molecule has 2 aromatic rings. The second kappa shape index (κ2) is 4.97. The van der Waals surface area contributed by atoms with Gasteiger partial charge in [0.2, 0.25) is 5.95 Å². The van der Waals surface area contributed by atoms with Crippen molar-refractivity contribution in [1.29, 1.82) is 0 Å². The zero-order valence-corrected chi connectivity index (χ0v) is 11.3. The summed E-state index contributed by atoms with van der Waals surface area (Å²) in [5.41, 5.74) is 15.7. The molecule has 1 aromatic carbocycles. The third-order valence-electron chi connectivity index (χ3n) is 3.54. The molecule has 5 N–H and O–H groups in total. The second-order valence-electron chi connectivity index (χ2n) is 4.78. The van der Waals surface area contributed by atoms with Crippen LogP contribution in [0.4, 0.5) is 11.8 Å². The van der Waals surface area contributed by atoms with Crippen LogP contribution in [-0.4, -0.2) is 23.6 Å². The molecule has 1 aromatic heterocycles. The largest absolute Gasteiger partial charge is 0.496 e. The van der Waals surface area contributed by atoms with Gasteiger partial charge in [0.05, 0.1) is 7.11 Å². The number of rotatable bonds is 2. The van der Waals surface area contributed by atoms with Crippen molar-refractivity contribution in [3.63, 3.8) is 0 Å². The van der Waals surface area contributed by atoms with E-state index in [1.54, 1.807) is 13.3 Å². The lowest BCUT2D eigenvalue weighted by Crippen LogP contribution is -2.23. The van der Waals surface area contributed by atoms with Crippen LogP contribution in [0.25, 0.3) is 11.1 Å². The third-order valence-corrected chi connectivity index (χ3v) is 3.54. The lowest BCUT2D eigenvalue weighted by Gasteiger charge is -2.20. The number of aromatic nitrogens is 2. The molecule has 104 valence electrons. The van der Waals surface area contributed by atoms with Gasteiger partial charge in [-0.25, -0.2) is 4.98 Å². The van der Waals surface area contributed by atoms with Crippen LogP contribution >= 0.6 is 0 Å². The summed E-state index contributed by atoms with van der Waals surface area (Å²) in [6.45, 7) is 1.84. The summed E-state index contributed by atoms with van der Waals surface area (Å²) < 4.78 is 5.48. The summed E-state index contributed by atoms with van der Waals surface area (Å²) in [5.74, 6) is 1.31. The second-order valence-corrected chi connectivity index (χ2v) is 4.78. The van der Waals surface area contributed by atoms with Crippen molar-refractivity contribution in [2.75, 3.05) is 25.1 Å². The molecule has 0 radical (unpaired) electrons. The van der Waals surface area contributed by atoms with E-state index in [4.69, 9.17) is 16.2 Å². The number of hydrogen-bond acceptors (Lipinski definition) is 6. The van der Waals surface area contributed by atoms with Gasteiger partial charge in [-0.05, 0) is 36.2 Å². The van der Waals surface area contributed by atoms with Gasteiger partial charge in [-0.1, -0.05) is 0 Å². The molecular weight excluding hydrogens is 254 g/mol. The fraction of sp³-hybridized carbons (Fsp3) is 0.286. The molecule has 0 unspecified atom stereocenters. The standard InChI is InChI=1S/C14H17N5O/c1-20-12-5-9-6-17-3-2-8(9)4-10(12)11-7-18-14(16)19-13(11)15/h4-5,7,17H,2-3,6H2,1H3,(H4,15,16,18,19). The van der Waals surface area contributed by atoms with E-state index in [9.17, 15) is 0 Å². The van der Waals surface area contributed by atoms with Gasteiger partial charge in [-0.3, -0.25) is 0 Å². The first kappa shape index (κ1) is 12.7. The minimum absolute atomic E-state index is 0.173. The minimum atomic E-state index is 0.173. The molecule has 3 rings (SSSR count). The zero-order valence-electron chi connectivity index (χ0n) is 11.3. The summed E-state index contributed by atoms with van der Waals surface area (Å²) in [7, 11) is 1.65. The van der Waals surface area contributed by atoms with Crippen molar-refractivity contribution in [3.05, 3.63) is 29.5 Å². The molecule has 6 nitrogen and oxygen atoms in total. The maximum atomic E-state index is 5.95. The molecule has 0 amide bonds. The van der Waals surface area contributed by atoms with Crippen LogP contribution in [-0.2, 0) is 13.0 Å². The molecule has 0 fully saturated rings. The number of nitrogens with two attached hydrogens (primary N) is 2. The van der Waals surface area contributed by atoms with Crippen LogP contribution in [0.3, 0.4) is 0 Å². The smallest absolute Gasteiger partial charge is 0.221 e. The molecule has 0 spiro atoms. The Morgan fingerprint density at radius 3 is 2.80 bits per heavy atom. The van der Waals surface area contributed by atoms with E-state index in [0.717, 1.165) is 36.4 Å². The van der Waals surface area contributed by atoms with E-state index >= 15 is 0 Å². The van der Waals surface area contributed by atoms with Gasteiger partial charge >= 0.3 is 0 Å². The van der Waals surface area contributed by atoms with Crippen LogP contribution in [0.1, 0.15) is 11.1 Å². The van der Waals surface area contributed by atoms with E-state index in [2.05, 4.69) is 21.4 Å². The Hall–Kier alpha value is -2.34. The molecule has 0 atom stereocenters. The lowest BCUT2D eigenvalue weighted by atomic mass is 9.95. The monoisotopic (exact) mass is 271 g/mol. The number of anilines is 2. The van der Waals surface area contributed by atoms with E-state index in [-0.39, 0.29) is 5.95 Å². The Morgan fingerprint density at radius 1 is 1.20 bits per heavy atom. The van der Waals surface area contributed by atoms with Crippen molar-refractivity contribution in [3.8, 4) is 16.9 Å². The lowest BCUT2D eigenvalue weighted by molar-refractivity contribution is 0.415. The van der Waals surface area contributed by atoms with E-state index < -0.39 is 0 Å². The fourth-order valence-electron chi connectivity index (χ4n) is 2.51. The zero-order chi connectivity index (χ0) is 14.1. The molecule has 0 bridgehead atoms. The highest BCUT2D eigenvalue weighted by molar-refractivity contribution is 5.79. The van der Waals surface area contributed by atoms with Crippen LogP contribution in [0.5, 0.6) is 5.75 Å². The SMILES string of the molecule is COc1cc2c(cc1-c1cnc(N)nc1N)CCNC2. The van der Waals surface area contributed by atoms with Gasteiger partial charge in [0.15, 0.2) is 0 Å². The molecule has 0 saturated heterocycles. The average molecular weight is 271 g/mol. The van der Waals surface area contributed by atoms with Crippen molar-refractivity contribution >= 4 is 11.8 Å². The summed E-state index contributed by atoms with van der Waals surface area (Å²) >= 11 is 0. The van der Waals surface area contributed by atoms with Gasteiger partial charge in [-0.2, -0.15) is 4.98 Å². The summed E-state index contributed by atoms with van der Waals surface area (Å²) in [4.78, 5) is 8.04. The van der Waals surface area contributed by atoms with Crippen molar-refractivity contribution in [2.24, 2.45) is 0 Å². The number of benzene rings is 1. The number of ether oxygens (including phenoxy) is 1. The highest BCUT2D eigenvalue weighted by Gasteiger charge is 2.17. The molecule has 1 aliphatic rings. The van der Waals surface area contributed by atoms with Crippen LogP contribution < -0.4 is 21.5 Å². The predicted octanol–water partition coefficient (Wildman–Crippen LogP) is 0.962. The van der Waals surface area contributed by atoms with Crippen LogP contribution in [0, 0.1) is 0 Å². The number of nitrogens with one attached hydrogen (secondary N) is 1. The van der Waals surface area contributed by atoms with Crippen molar-refractivity contribution in [2.45, 2.75) is 13.0 Å². The number of nitrogens with zero attached hydrogens (tertiary/aromatic N) is 2. The predicted molar refractivity (Wildman–Crippen MR) is 78.3 cm³/mol. The molecule has 0 aliphatic carbocycles. The normalized spacial score (nSPS) is 13.8. The number of fused-ring (bicyclic) bond motifs is 1. The highest BCUT2D eigenvalue weighted by atomic mass is 16.5. The fourth-order valence-corrected chi connectivity index (χ4v) is 2.51. The Bertz CT molecular complexity index is 656. The molecule has 1 aliphatic heterocycles. The van der Waals surface area contributed by atoms with Crippen molar-refractivity contribution in [1.82, 2.24) is 15.3 Å². The maximum absolute atomic E-state index is 5.95. The molecule has 0 saturated carbocycles. The van der Waals surface area contributed by atoms with Gasteiger partial charge in [-0.15, -0.1) is 0 Å². The van der Waals surface area contributed by atoms with Crippen LogP contribution in [0.2, 0.25) is 0 Å². The summed E-state index contributed by atoms with van der Waals surface area (Å²) in [6.07, 6.45) is 2.63. The highest BCUT2D eigenvalue weighted by Crippen LogP contribution is 2.36. The van der Waals surface area contributed by atoms with Gasteiger partial charge in [0, 0.05) is 23.9 Å². The van der Waals surface area contributed by atoms with Gasteiger partial charge in [0.1, 0.15) is 11.6 Å². The van der Waals surface area contributed by atoms with E-state index in [1.807, 2.05) is 6.07 Å². The molecular formula is C14H17N5O. The molecule has 6 heteroatoms. The molecule has 2 heterocycles. The quantitative estimate of drug-likeness (QED) is 0.752. The van der Waals surface area contributed by atoms with Crippen LogP contribution in [0.15, 0.2) is 18.3 Å². The maximum Gasteiger partial charge on any atom is 0.221 e. The van der Waals surface area contributed by atoms with Crippen molar-refractivity contribution < 1.29 is 4.74 Å². The Labute approximate surface area is 117 Å². The average Bonchev–Trinajstić information content (AvgIpc) is 2.46. The Morgan fingerprint density at radius 2 is 2.05 bits per heavy atom. The Balaban J connectivity index is 2.16. The number of nitrogen functional groups attached to an aromatic ring is 2. The first-order chi connectivity index (χ1) is 9.69. The third kappa shape index (κ3) is 2.14. The number of methoxy groups -OCH3 is 1. The minimum Gasteiger partial charge on any atom is -0.496 e. The summed E-state index contributed by atoms with van der Waals surface area (Å²) in [6, 6.07) is 4.16. The Kier molecular flexibility index (Phi) is 3.15. The first-order valence-electron chi connectivity index (χ1n) is 6.48. The van der Waals surface area contributed by atoms with Gasteiger partial charge < -0.3 is 21.5 Å². The van der Waals surface area contributed by atoms with Gasteiger partial charge in [0.25, 0.3) is 0 Å². The summed E-state index contributed by atoms with van der Waals surface area (Å²) in [5, 5.41) is 3.35. The van der Waals surface area contributed by atoms with E-state index in [1.165, 1.54) is 11.1 Å². The number of hydrogen-bond donors (Lipinski definition) is 3. The topological polar surface area (TPSA) is 99.1 Å².